The predicted octanol–water partition coefficient (Wildman–Crippen LogP) is 4.45. The third-order valence-electron chi connectivity index (χ3n) is 4.30. The van der Waals surface area contributed by atoms with E-state index < -0.39 is 10.0 Å². The molecule has 180 valence electrons. The molecular weight excluding hydrogens is 485 g/mol. The van der Waals surface area contributed by atoms with Crippen LogP contribution in [0.15, 0.2) is 35.5 Å². The molecule has 0 spiro atoms. The summed E-state index contributed by atoms with van der Waals surface area (Å²) >= 11 is 11.5. The maximum atomic E-state index is 11.5. The van der Waals surface area contributed by atoms with Crippen molar-refractivity contribution in [2.75, 3.05) is 0 Å². The summed E-state index contributed by atoms with van der Waals surface area (Å²) in [7, 11) is -3.96. The van der Waals surface area contributed by atoms with Gasteiger partial charge in [0, 0.05) is 0 Å². The number of halogens is 2. The van der Waals surface area contributed by atoms with Crippen molar-refractivity contribution in [1.29, 1.82) is 0 Å². The molecule has 0 bridgehead atoms. The molecule has 12 heteroatoms. The molecule has 0 radical (unpaired) electrons. The van der Waals surface area contributed by atoms with E-state index in [1.54, 1.807) is 22.8 Å². The third-order valence-corrected chi connectivity index (χ3v) is 5.76. The molecule has 0 aromatic carbocycles. The Morgan fingerprint density at radius 3 is 2.00 bits per heavy atom. The van der Waals surface area contributed by atoms with Crippen LogP contribution in [0.2, 0.25) is 10.3 Å². The monoisotopic (exact) mass is 513 g/mol. The average Bonchev–Trinajstić information content (AvgIpc) is 3.18. The molecule has 4 aromatic heterocycles. The summed E-state index contributed by atoms with van der Waals surface area (Å²) in [6.07, 6.45) is 3.43. The number of rotatable bonds is 5. The Kier molecular flexibility index (Phi) is 8.81. The zero-order valence-electron chi connectivity index (χ0n) is 18.2. The number of aromatic nitrogens is 6. The van der Waals surface area contributed by atoms with Crippen LogP contribution >= 0.6 is 23.2 Å². The van der Waals surface area contributed by atoms with Crippen molar-refractivity contribution in [3.05, 3.63) is 52.2 Å². The lowest BCUT2D eigenvalue weighted by Gasteiger charge is -2.05. The molecule has 0 saturated heterocycles. The summed E-state index contributed by atoms with van der Waals surface area (Å²) in [6, 6.07) is 7.41. The number of nitrogens with two attached hydrogens (primary N) is 1. The number of nitrogens with zero attached hydrogens (tertiary/aromatic N) is 6. The lowest BCUT2D eigenvalue weighted by molar-refractivity contribution is 0.586. The molecule has 0 saturated carbocycles. The summed E-state index contributed by atoms with van der Waals surface area (Å²) in [5.41, 5.74) is 2.98. The zero-order valence-corrected chi connectivity index (χ0v) is 20.5. The van der Waals surface area contributed by atoms with Gasteiger partial charge in [-0.1, -0.05) is 58.3 Å². The molecule has 4 aromatic rings. The van der Waals surface area contributed by atoms with Crippen molar-refractivity contribution < 1.29 is 8.42 Å². The van der Waals surface area contributed by atoms with Crippen molar-refractivity contribution in [2.45, 2.75) is 53.0 Å². The Morgan fingerprint density at radius 1 is 0.909 bits per heavy atom. The highest BCUT2D eigenvalue weighted by Gasteiger charge is 2.22. The minimum Gasteiger partial charge on any atom is -0.223 e. The summed E-state index contributed by atoms with van der Waals surface area (Å²) in [6.45, 7) is 8.44. The third kappa shape index (κ3) is 6.86. The van der Waals surface area contributed by atoms with E-state index in [1.807, 2.05) is 26.0 Å². The molecule has 0 aliphatic heterocycles. The Balaban J connectivity index is 0.000000233. The second-order valence-electron chi connectivity index (χ2n) is 8.23. The first-order valence-electron chi connectivity index (χ1n) is 10.0. The average molecular weight is 514 g/mol. The quantitative estimate of drug-likeness (QED) is 0.420. The van der Waals surface area contributed by atoms with Gasteiger partial charge in [-0.25, -0.2) is 28.0 Å². The van der Waals surface area contributed by atoms with Crippen LogP contribution in [0.5, 0.6) is 0 Å². The van der Waals surface area contributed by atoms with Crippen LogP contribution in [0.1, 0.15) is 46.5 Å². The predicted molar refractivity (Wildman–Crippen MR) is 131 cm³/mol. The van der Waals surface area contributed by atoms with Crippen molar-refractivity contribution in [3.63, 3.8) is 0 Å². The van der Waals surface area contributed by atoms with Crippen molar-refractivity contribution in [3.8, 4) is 0 Å². The molecule has 0 unspecified atom stereocenters. The van der Waals surface area contributed by atoms with E-state index in [4.69, 9.17) is 28.3 Å². The van der Waals surface area contributed by atoms with Crippen LogP contribution in [-0.4, -0.2) is 37.6 Å². The molecule has 9 nitrogen and oxygen atoms in total. The molecular formula is C21H29Cl2N7O2S. The van der Waals surface area contributed by atoms with Crippen LogP contribution in [-0.2, 0) is 22.9 Å². The molecule has 0 amide bonds. The van der Waals surface area contributed by atoms with Gasteiger partial charge in [0.05, 0.1) is 17.6 Å². The summed E-state index contributed by atoms with van der Waals surface area (Å²) in [5, 5.41) is 13.8. The van der Waals surface area contributed by atoms with Crippen LogP contribution in [0.3, 0.4) is 0 Å². The van der Waals surface area contributed by atoms with Gasteiger partial charge in [-0.15, -0.1) is 0 Å². The lowest BCUT2D eigenvalue weighted by Crippen LogP contribution is -2.16. The van der Waals surface area contributed by atoms with E-state index in [0.29, 0.717) is 22.6 Å². The second-order valence-corrected chi connectivity index (χ2v) is 10.5. The van der Waals surface area contributed by atoms with Crippen molar-refractivity contribution >= 4 is 44.5 Å². The van der Waals surface area contributed by atoms with Gasteiger partial charge in [-0.3, -0.25) is 0 Å². The summed E-state index contributed by atoms with van der Waals surface area (Å²) in [4.78, 5) is 8.01. The summed E-state index contributed by atoms with van der Waals surface area (Å²) < 4.78 is 25.8. The van der Waals surface area contributed by atoms with Crippen LogP contribution in [0.4, 0.5) is 0 Å². The van der Waals surface area contributed by atoms with Crippen LogP contribution < -0.4 is 5.14 Å². The van der Waals surface area contributed by atoms with E-state index in [0.717, 1.165) is 29.9 Å². The van der Waals surface area contributed by atoms with E-state index >= 15 is 0 Å². The van der Waals surface area contributed by atoms with Crippen LogP contribution in [0, 0.1) is 11.8 Å². The van der Waals surface area contributed by atoms with Crippen molar-refractivity contribution in [1.82, 2.24) is 29.2 Å². The van der Waals surface area contributed by atoms with Gasteiger partial charge in [0.15, 0.2) is 16.4 Å². The number of hydrogen-bond acceptors (Lipinski definition) is 6. The molecule has 0 aliphatic rings. The number of primary sulfonamides is 1. The SMILES string of the molecule is C.CC(C)Cc1ccc2nc(Cl)c(S(N)(=O)=O)n2n1.CC(C)Cc1ccc2nc(Cl)cn2n1. The minimum atomic E-state index is -3.96. The Morgan fingerprint density at radius 2 is 1.45 bits per heavy atom. The second kappa shape index (κ2) is 10.8. The Hall–Kier alpha value is -2.27. The Bertz CT molecular complexity index is 1350. The highest BCUT2D eigenvalue weighted by atomic mass is 35.5. The zero-order chi connectivity index (χ0) is 23.6. The van der Waals surface area contributed by atoms with Crippen molar-refractivity contribution in [2.24, 2.45) is 17.0 Å². The standard InChI is InChI=1S/C10H13ClN4O2S.C10H12ClN3.CH4/c1-6(2)5-7-3-4-8-13-9(11)10(15(8)14-7)18(12,16)17;1-7(2)5-8-3-4-10-12-9(11)6-14(10)13-8;/h3-4,6H,5H2,1-2H3,(H2,12,16,17);3-4,6-7H,5H2,1-2H3;1H4. The molecule has 4 heterocycles. The largest absolute Gasteiger partial charge is 0.258 e. The number of sulfonamides is 1. The fourth-order valence-corrected chi connectivity index (χ4v) is 4.43. The minimum absolute atomic E-state index is 0. The van der Waals surface area contributed by atoms with Gasteiger partial charge < -0.3 is 0 Å². The van der Waals surface area contributed by atoms with Crippen LogP contribution in [0.25, 0.3) is 11.3 Å². The smallest absolute Gasteiger partial charge is 0.223 e. The highest BCUT2D eigenvalue weighted by Crippen LogP contribution is 2.21. The molecule has 4 rings (SSSR count). The number of fused-ring (bicyclic) bond motifs is 2. The molecule has 0 atom stereocenters. The fraction of sp³-hybridized carbons (Fsp3) is 0.429. The maximum Gasteiger partial charge on any atom is 0.258 e. The first-order valence-corrected chi connectivity index (χ1v) is 12.3. The number of imidazole rings is 2. The molecule has 0 aliphatic carbocycles. The van der Waals surface area contributed by atoms with Gasteiger partial charge >= 0.3 is 0 Å². The highest BCUT2D eigenvalue weighted by molar-refractivity contribution is 7.89. The van der Waals surface area contributed by atoms with E-state index in [9.17, 15) is 8.42 Å². The fourth-order valence-electron chi connectivity index (χ4n) is 3.11. The van der Waals surface area contributed by atoms with Gasteiger partial charge in [-0.2, -0.15) is 14.7 Å². The van der Waals surface area contributed by atoms with E-state index in [1.165, 1.54) is 4.52 Å². The first-order chi connectivity index (χ1) is 14.9. The van der Waals surface area contributed by atoms with E-state index in [2.05, 4.69) is 34.0 Å². The normalized spacial score (nSPS) is 11.7. The first kappa shape index (κ1) is 27.0. The van der Waals surface area contributed by atoms with Gasteiger partial charge in [-0.05, 0) is 48.9 Å². The van der Waals surface area contributed by atoms with E-state index in [-0.39, 0.29) is 17.6 Å². The molecule has 2 N–H and O–H groups in total. The summed E-state index contributed by atoms with van der Waals surface area (Å²) in [5.74, 6) is 1.02. The maximum absolute atomic E-state index is 11.5. The Labute approximate surface area is 204 Å². The van der Waals surface area contributed by atoms with Gasteiger partial charge in [0.25, 0.3) is 10.0 Å². The number of hydrogen-bond donors (Lipinski definition) is 1. The lowest BCUT2D eigenvalue weighted by atomic mass is 10.1. The van der Waals surface area contributed by atoms with Gasteiger partial charge in [0.2, 0.25) is 5.03 Å². The van der Waals surface area contributed by atoms with Gasteiger partial charge in [0.1, 0.15) is 5.15 Å². The molecule has 33 heavy (non-hydrogen) atoms. The topological polar surface area (TPSA) is 121 Å². The molecule has 0 fully saturated rings.